The third-order valence-electron chi connectivity index (χ3n) is 2.60. The molecular weight excluding hydrogens is 199 g/mol. The topological polar surface area (TPSA) is 17.1 Å². The monoisotopic (exact) mass is 212 g/mol. The van der Waals surface area contributed by atoms with Gasteiger partial charge in [-0.25, -0.2) is 4.39 Å². The first-order valence-electron chi connectivity index (χ1n) is 4.80. The largest absolute Gasteiger partial charge is 0.254 e. The van der Waals surface area contributed by atoms with Crippen LogP contribution in [0, 0.1) is 5.82 Å². The van der Waals surface area contributed by atoms with Crippen LogP contribution in [-0.2, 0) is 17.2 Å². The van der Waals surface area contributed by atoms with Crippen molar-refractivity contribution in [3.8, 4) is 0 Å². The van der Waals surface area contributed by atoms with E-state index >= 15 is 0 Å². The zero-order valence-corrected chi connectivity index (χ0v) is 9.16. The fraction of sp³-hybridized carbons (Fsp3) is 0.455. The van der Waals surface area contributed by atoms with Crippen LogP contribution in [0.4, 0.5) is 4.39 Å². The molecule has 1 aromatic carbocycles. The minimum absolute atomic E-state index is 0.189. The first-order chi connectivity index (χ1) is 6.59. The maximum absolute atomic E-state index is 13.5. The third-order valence-corrected chi connectivity index (χ3v) is 4.05. The standard InChI is InChI=1S/C11H13FOS/c1-7(2)9-5-8-3-4-14(13)11(8)6-10(9)12/h5-7H,3-4H2,1-2H3. The summed E-state index contributed by atoms with van der Waals surface area (Å²) in [5, 5.41) is 0. The van der Waals surface area contributed by atoms with Gasteiger partial charge in [0.25, 0.3) is 0 Å². The first kappa shape index (κ1) is 9.84. The second-order valence-corrected chi connectivity index (χ2v) is 5.47. The molecule has 2 rings (SSSR count). The van der Waals surface area contributed by atoms with Gasteiger partial charge >= 0.3 is 0 Å². The molecule has 0 spiro atoms. The van der Waals surface area contributed by atoms with Crippen molar-refractivity contribution >= 4 is 10.8 Å². The smallest absolute Gasteiger partial charge is 0.127 e. The summed E-state index contributed by atoms with van der Waals surface area (Å²) in [7, 11) is -0.970. The van der Waals surface area contributed by atoms with Gasteiger partial charge in [-0.1, -0.05) is 19.9 Å². The van der Waals surface area contributed by atoms with Gasteiger partial charge in [-0.05, 0) is 29.5 Å². The molecule has 76 valence electrons. The normalized spacial score (nSPS) is 20.1. The lowest BCUT2D eigenvalue weighted by Crippen LogP contribution is -1.96. The molecule has 1 aliphatic rings. The van der Waals surface area contributed by atoms with Crippen molar-refractivity contribution in [2.45, 2.75) is 31.1 Å². The van der Waals surface area contributed by atoms with E-state index in [2.05, 4.69) is 0 Å². The highest BCUT2D eigenvalue weighted by atomic mass is 32.2. The summed E-state index contributed by atoms with van der Waals surface area (Å²) in [5.74, 6) is 0.624. The van der Waals surface area contributed by atoms with Crippen LogP contribution < -0.4 is 0 Å². The first-order valence-corrected chi connectivity index (χ1v) is 6.12. The van der Waals surface area contributed by atoms with Gasteiger partial charge in [-0.15, -0.1) is 0 Å². The molecule has 1 unspecified atom stereocenters. The molecular formula is C11H13FOS. The maximum atomic E-state index is 13.5. The lowest BCUT2D eigenvalue weighted by Gasteiger charge is -2.09. The van der Waals surface area contributed by atoms with Gasteiger partial charge in [0, 0.05) is 10.6 Å². The SMILES string of the molecule is CC(C)c1cc2c(cc1F)S(=O)CC2. The molecule has 0 bridgehead atoms. The zero-order valence-electron chi connectivity index (χ0n) is 8.34. The maximum Gasteiger partial charge on any atom is 0.127 e. The average molecular weight is 212 g/mol. The fourth-order valence-electron chi connectivity index (χ4n) is 1.78. The van der Waals surface area contributed by atoms with E-state index in [0.717, 1.165) is 17.5 Å². The predicted molar refractivity (Wildman–Crippen MR) is 55.5 cm³/mol. The van der Waals surface area contributed by atoms with E-state index in [9.17, 15) is 8.60 Å². The summed E-state index contributed by atoms with van der Waals surface area (Å²) in [6, 6.07) is 3.33. The van der Waals surface area contributed by atoms with Gasteiger partial charge in [0.05, 0.1) is 10.8 Å². The molecule has 1 aromatic rings. The Kier molecular flexibility index (Phi) is 2.43. The molecule has 0 saturated heterocycles. The summed E-state index contributed by atoms with van der Waals surface area (Å²) in [6.07, 6.45) is 0.821. The molecule has 0 aromatic heterocycles. The lowest BCUT2D eigenvalue weighted by atomic mass is 9.99. The van der Waals surface area contributed by atoms with Crippen molar-refractivity contribution in [3.05, 3.63) is 29.1 Å². The van der Waals surface area contributed by atoms with Crippen LogP contribution in [0.25, 0.3) is 0 Å². The van der Waals surface area contributed by atoms with E-state index in [1.54, 1.807) is 0 Å². The average Bonchev–Trinajstić information content (AvgIpc) is 2.46. The molecule has 3 heteroatoms. The lowest BCUT2D eigenvalue weighted by molar-refractivity contribution is 0.593. The van der Waals surface area contributed by atoms with E-state index < -0.39 is 10.8 Å². The van der Waals surface area contributed by atoms with Gasteiger partial charge in [0.15, 0.2) is 0 Å². The van der Waals surface area contributed by atoms with Crippen LogP contribution in [-0.4, -0.2) is 9.96 Å². The van der Waals surface area contributed by atoms with Crippen LogP contribution in [0.2, 0.25) is 0 Å². The van der Waals surface area contributed by atoms with Crippen LogP contribution in [0.15, 0.2) is 17.0 Å². The van der Waals surface area contributed by atoms with Crippen molar-refractivity contribution < 1.29 is 8.60 Å². The molecule has 0 radical (unpaired) electrons. The fourth-order valence-corrected chi connectivity index (χ4v) is 3.09. The zero-order chi connectivity index (χ0) is 10.3. The van der Waals surface area contributed by atoms with E-state index in [1.807, 2.05) is 19.9 Å². The van der Waals surface area contributed by atoms with Crippen molar-refractivity contribution in [1.82, 2.24) is 0 Å². The number of hydrogen-bond acceptors (Lipinski definition) is 1. The van der Waals surface area contributed by atoms with Crippen molar-refractivity contribution in [1.29, 1.82) is 0 Å². The third kappa shape index (κ3) is 1.50. The molecule has 0 saturated carbocycles. The van der Waals surface area contributed by atoms with Gasteiger partial charge in [-0.2, -0.15) is 0 Å². The highest BCUT2D eigenvalue weighted by Crippen LogP contribution is 2.28. The number of rotatable bonds is 1. The van der Waals surface area contributed by atoms with Crippen molar-refractivity contribution in [3.63, 3.8) is 0 Å². The van der Waals surface area contributed by atoms with E-state index in [0.29, 0.717) is 10.6 Å². The minimum atomic E-state index is -0.970. The number of fused-ring (bicyclic) bond motifs is 1. The molecule has 14 heavy (non-hydrogen) atoms. The summed E-state index contributed by atoms with van der Waals surface area (Å²) in [5.41, 5.74) is 1.80. The Morgan fingerprint density at radius 2 is 2.14 bits per heavy atom. The van der Waals surface area contributed by atoms with Crippen LogP contribution in [0.3, 0.4) is 0 Å². The molecule has 1 heterocycles. The van der Waals surface area contributed by atoms with Crippen molar-refractivity contribution in [2.24, 2.45) is 0 Å². The van der Waals surface area contributed by atoms with E-state index in [4.69, 9.17) is 0 Å². The number of benzene rings is 1. The number of halogens is 1. The summed E-state index contributed by atoms with van der Waals surface area (Å²) >= 11 is 0. The second-order valence-electron chi connectivity index (χ2n) is 3.94. The molecule has 1 nitrogen and oxygen atoms in total. The summed E-state index contributed by atoms with van der Waals surface area (Å²) in [6.45, 7) is 3.94. The van der Waals surface area contributed by atoms with Gasteiger partial charge in [0.2, 0.25) is 0 Å². The summed E-state index contributed by atoms with van der Waals surface area (Å²) < 4.78 is 25.0. The van der Waals surface area contributed by atoms with E-state index in [1.165, 1.54) is 6.07 Å². The predicted octanol–water partition coefficient (Wildman–Crippen LogP) is 2.61. The van der Waals surface area contributed by atoms with Crippen molar-refractivity contribution in [2.75, 3.05) is 5.75 Å². The molecule has 1 aliphatic heterocycles. The quantitative estimate of drug-likeness (QED) is 0.699. The summed E-state index contributed by atoms with van der Waals surface area (Å²) in [4.78, 5) is 0.701. The Balaban J connectivity index is 2.55. The Morgan fingerprint density at radius 3 is 2.79 bits per heavy atom. The molecule has 1 atom stereocenters. The molecule has 0 N–H and O–H groups in total. The highest BCUT2D eigenvalue weighted by Gasteiger charge is 2.21. The Bertz CT molecular complexity index is 399. The Labute approximate surface area is 85.8 Å². The van der Waals surface area contributed by atoms with Gasteiger partial charge in [-0.3, -0.25) is 4.21 Å². The highest BCUT2D eigenvalue weighted by molar-refractivity contribution is 7.85. The number of hydrogen-bond donors (Lipinski definition) is 0. The molecule has 0 fully saturated rings. The Morgan fingerprint density at radius 1 is 1.43 bits per heavy atom. The minimum Gasteiger partial charge on any atom is -0.254 e. The number of aryl methyl sites for hydroxylation is 1. The van der Waals surface area contributed by atoms with Crippen LogP contribution in [0.1, 0.15) is 30.9 Å². The van der Waals surface area contributed by atoms with Gasteiger partial charge < -0.3 is 0 Å². The van der Waals surface area contributed by atoms with Gasteiger partial charge in [0.1, 0.15) is 5.82 Å². The van der Waals surface area contributed by atoms with E-state index in [-0.39, 0.29) is 11.7 Å². The van der Waals surface area contributed by atoms with Crippen LogP contribution >= 0.6 is 0 Å². The van der Waals surface area contributed by atoms with Crippen LogP contribution in [0.5, 0.6) is 0 Å². The molecule has 0 aliphatic carbocycles. The molecule has 0 amide bonds. The Hall–Kier alpha value is -0.700. The second kappa shape index (κ2) is 3.46.